The highest BCUT2D eigenvalue weighted by atomic mass is 32.2. The molecule has 0 saturated carbocycles. The number of benzene rings is 4. The van der Waals surface area contributed by atoms with Crippen molar-refractivity contribution in [3.63, 3.8) is 0 Å². The Morgan fingerprint density at radius 3 is 2.38 bits per heavy atom. The zero-order valence-electron chi connectivity index (χ0n) is 28.3. The van der Waals surface area contributed by atoms with Crippen molar-refractivity contribution in [2.24, 2.45) is 0 Å². The highest BCUT2D eigenvalue weighted by molar-refractivity contribution is 7.84. The van der Waals surface area contributed by atoms with E-state index in [2.05, 4.69) is 5.32 Å². The zero-order valence-corrected chi connectivity index (χ0v) is 29.1. The van der Waals surface area contributed by atoms with E-state index in [1.54, 1.807) is 6.07 Å². The third kappa shape index (κ3) is 6.98. The first-order valence-electron chi connectivity index (χ1n) is 16.7. The Morgan fingerprint density at radius 1 is 0.920 bits per heavy atom. The summed E-state index contributed by atoms with van der Waals surface area (Å²) in [6.07, 6.45) is 0.377. The van der Waals surface area contributed by atoms with Gasteiger partial charge in [-0.15, -0.1) is 0 Å². The van der Waals surface area contributed by atoms with Gasteiger partial charge in [-0.3, -0.25) is 4.79 Å². The number of ether oxygens (including phenoxy) is 1. The smallest absolute Gasteiger partial charge is 0.270 e. The summed E-state index contributed by atoms with van der Waals surface area (Å²) in [6.45, 7) is 6.41. The molecule has 1 aliphatic rings. The number of pyridine rings is 1. The van der Waals surface area contributed by atoms with Crippen molar-refractivity contribution in [3.8, 4) is 34.1 Å². The minimum atomic E-state index is -1.37. The lowest BCUT2D eigenvalue weighted by molar-refractivity contribution is 0.0946. The maximum Gasteiger partial charge on any atom is 0.270 e. The number of aromatic nitrogens is 1. The molecule has 0 fully saturated rings. The Kier molecular flexibility index (Phi) is 9.38. The number of para-hydroxylation sites is 2. The van der Waals surface area contributed by atoms with Gasteiger partial charge in [0.25, 0.3) is 5.91 Å². The number of aliphatic hydroxyl groups excluding tert-OH is 1. The average molecular weight is 686 g/mol. The summed E-state index contributed by atoms with van der Waals surface area (Å²) in [6, 6.07) is 36.4. The van der Waals surface area contributed by atoms with E-state index in [1.807, 2.05) is 134 Å². The number of hydrogen-bond acceptors (Lipinski definition) is 6. The van der Waals surface area contributed by atoms with Gasteiger partial charge in [0.15, 0.2) is 0 Å². The number of carbonyl (C=O) groups is 1. The zero-order chi connectivity index (χ0) is 34.8. The molecule has 9 heteroatoms. The number of carbonyl (C=O) groups excluding carboxylic acids is 1. The Labute approximate surface area is 294 Å². The van der Waals surface area contributed by atoms with Gasteiger partial charge in [0.2, 0.25) is 0 Å². The van der Waals surface area contributed by atoms with Gasteiger partial charge < -0.3 is 19.6 Å². The molecule has 1 amide bonds. The van der Waals surface area contributed by atoms with Gasteiger partial charge in [0.05, 0.1) is 16.5 Å². The number of furan rings is 1. The fraction of sp³-hybridized carbons (Fsp3) is 0.220. The van der Waals surface area contributed by atoms with Gasteiger partial charge in [-0.2, -0.15) is 0 Å². The van der Waals surface area contributed by atoms with E-state index in [9.17, 15) is 14.1 Å². The fourth-order valence-corrected chi connectivity index (χ4v) is 7.72. The van der Waals surface area contributed by atoms with Crippen molar-refractivity contribution < 1.29 is 23.3 Å². The molecule has 0 radical (unpaired) electrons. The molecule has 8 nitrogen and oxygen atoms in total. The first-order chi connectivity index (χ1) is 24.2. The van der Waals surface area contributed by atoms with E-state index in [-0.39, 0.29) is 24.2 Å². The van der Waals surface area contributed by atoms with Gasteiger partial charge in [-0.25, -0.2) is 13.5 Å². The molecule has 3 heterocycles. The molecule has 2 atom stereocenters. The molecule has 0 bridgehead atoms. The topological polar surface area (TPSA) is 105 Å². The summed E-state index contributed by atoms with van der Waals surface area (Å²) in [4.78, 5) is 18.7. The highest BCUT2D eigenvalue weighted by Gasteiger charge is 2.40. The van der Waals surface area contributed by atoms with Gasteiger partial charge in [0.1, 0.15) is 39.5 Å². The molecular weight excluding hydrogens is 647 g/mol. The molecule has 0 spiro atoms. The summed E-state index contributed by atoms with van der Waals surface area (Å²) in [7, 11) is -1.37. The second kappa shape index (κ2) is 14.0. The van der Waals surface area contributed by atoms with E-state index >= 15 is 0 Å². The number of rotatable bonds is 10. The summed E-state index contributed by atoms with van der Waals surface area (Å²) in [5.41, 5.74) is 6.02. The van der Waals surface area contributed by atoms with Crippen LogP contribution in [-0.4, -0.2) is 35.9 Å². The van der Waals surface area contributed by atoms with Crippen molar-refractivity contribution in [1.82, 2.24) is 14.6 Å². The maximum absolute atomic E-state index is 13.8. The van der Waals surface area contributed by atoms with Crippen molar-refractivity contribution in [2.75, 3.05) is 6.61 Å². The molecule has 0 aliphatic carbocycles. The van der Waals surface area contributed by atoms with Crippen molar-refractivity contribution >= 4 is 27.9 Å². The van der Waals surface area contributed by atoms with Crippen molar-refractivity contribution in [2.45, 2.75) is 51.1 Å². The largest absolute Gasteiger partial charge is 0.457 e. The molecule has 4 aromatic carbocycles. The lowest BCUT2D eigenvalue weighted by Gasteiger charge is -2.30. The number of nitrogens with zero attached hydrogens (tertiary/aromatic N) is 2. The molecule has 2 aromatic heterocycles. The summed E-state index contributed by atoms with van der Waals surface area (Å²) in [5.74, 6) is 1.86. The molecule has 2 N–H and O–H groups in total. The highest BCUT2D eigenvalue weighted by Crippen LogP contribution is 2.44. The fourth-order valence-electron chi connectivity index (χ4n) is 6.32. The van der Waals surface area contributed by atoms with Crippen molar-refractivity contribution in [3.05, 3.63) is 138 Å². The SMILES string of the molecule is CC(C)(C)S(=O)N1Cc2cc(C(=O)NCc3ccc(Oc4ccccc4)cc3)nc(-c3cccc(-c4cc5ccccc5o4)c3)c2[C@@H]1CCO. The van der Waals surface area contributed by atoms with Crippen LogP contribution in [0.25, 0.3) is 33.6 Å². The first kappa shape index (κ1) is 33.4. The number of nitrogens with one attached hydrogen (secondary N) is 1. The lowest BCUT2D eigenvalue weighted by atomic mass is 9.95. The van der Waals surface area contributed by atoms with E-state index < -0.39 is 15.7 Å². The van der Waals surface area contributed by atoms with Gasteiger partial charge in [0, 0.05) is 41.8 Å². The lowest BCUT2D eigenvalue weighted by Crippen LogP contribution is -2.36. The standard InChI is InChI=1S/C41H39N3O5S/c1-41(2,3)50(47)44-26-31-23-34(40(46)42-25-27-16-18-33(19-17-27)48-32-13-5-4-6-14-32)43-39(38(31)35(44)20-21-45)30-12-9-11-28(22-30)37-24-29-10-7-8-15-36(29)49-37/h4-19,22-24,35,45H,20-21,25-26H2,1-3H3,(H,42,46)/t35-,50?/m0/s1. The van der Waals surface area contributed by atoms with E-state index in [1.165, 1.54) is 0 Å². The normalized spacial score (nSPS) is 15.2. The number of hydrogen-bond donors (Lipinski definition) is 2. The van der Waals surface area contributed by atoms with E-state index in [4.69, 9.17) is 14.1 Å². The first-order valence-corrected chi connectivity index (χ1v) is 17.8. The Morgan fingerprint density at radius 2 is 1.64 bits per heavy atom. The van der Waals surface area contributed by atoms with Crippen LogP contribution in [0, 0.1) is 0 Å². The minimum absolute atomic E-state index is 0.0855. The van der Waals surface area contributed by atoms with Crippen LogP contribution in [0.1, 0.15) is 60.4 Å². The minimum Gasteiger partial charge on any atom is -0.457 e. The van der Waals surface area contributed by atoms with E-state index in [0.717, 1.165) is 50.3 Å². The molecule has 6 aromatic rings. The number of amides is 1. The van der Waals surface area contributed by atoms with Crippen molar-refractivity contribution in [1.29, 1.82) is 0 Å². The van der Waals surface area contributed by atoms with Crippen LogP contribution in [0.3, 0.4) is 0 Å². The van der Waals surface area contributed by atoms with Gasteiger partial charge >= 0.3 is 0 Å². The molecule has 50 heavy (non-hydrogen) atoms. The van der Waals surface area contributed by atoms with Crippen LogP contribution in [0.4, 0.5) is 0 Å². The van der Waals surface area contributed by atoms with Gasteiger partial charge in [-0.1, -0.05) is 66.7 Å². The second-order valence-electron chi connectivity index (χ2n) is 13.4. The molecule has 1 aliphatic heterocycles. The van der Waals surface area contributed by atoms with Crippen LogP contribution in [0.2, 0.25) is 0 Å². The molecular formula is C41H39N3O5S. The average Bonchev–Trinajstić information content (AvgIpc) is 3.73. The predicted molar refractivity (Wildman–Crippen MR) is 197 cm³/mol. The monoisotopic (exact) mass is 685 g/mol. The van der Waals surface area contributed by atoms with Crippen LogP contribution in [0.5, 0.6) is 11.5 Å². The molecule has 7 rings (SSSR count). The Hall–Kier alpha value is -5.09. The predicted octanol–water partition coefficient (Wildman–Crippen LogP) is 8.59. The van der Waals surface area contributed by atoms with Gasteiger partial charge in [-0.05, 0) is 86.8 Å². The van der Waals surface area contributed by atoms with Crippen LogP contribution >= 0.6 is 0 Å². The maximum atomic E-state index is 13.8. The molecule has 0 saturated heterocycles. The summed E-state index contributed by atoms with van der Waals surface area (Å²) >= 11 is 0. The third-order valence-electron chi connectivity index (χ3n) is 8.72. The molecule has 1 unspecified atom stereocenters. The quantitative estimate of drug-likeness (QED) is 0.150. The van der Waals surface area contributed by atoms with Crippen LogP contribution in [-0.2, 0) is 24.1 Å². The van der Waals surface area contributed by atoms with Crippen LogP contribution < -0.4 is 10.1 Å². The Balaban J connectivity index is 1.22. The molecule has 254 valence electrons. The number of aliphatic hydroxyl groups is 1. The van der Waals surface area contributed by atoms with E-state index in [0.29, 0.717) is 31.0 Å². The summed E-state index contributed by atoms with van der Waals surface area (Å²) < 4.78 is 27.3. The second-order valence-corrected chi connectivity index (χ2v) is 15.6. The number of fused-ring (bicyclic) bond motifs is 2. The third-order valence-corrected chi connectivity index (χ3v) is 10.6. The summed E-state index contributed by atoms with van der Waals surface area (Å²) in [5, 5.41) is 14.2. The van der Waals surface area contributed by atoms with Crippen LogP contribution in [0.15, 0.2) is 120 Å². The Bertz CT molecular complexity index is 2140.